The van der Waals surface area contributed by atoms with Crippen LogP contribution in [0.3, 0.4) is 0 Å². The van der Waals surface area contributed by atoms with Gasteiger partial charge in [-0.15, -0.1) is 0 Å². The number of thioether (sulfide) groups is 1. The van der Waals surface area contributed by atoms with Crippen molar-refractivity contribution in [3.63, 3.8) is 0 Å². The van der Waals surface area contributed by atoms with Crippen LogP contribution < -0.4 is 5.32 Å². The van der Waals surface area contributed by atoms with Crippen LogP contribution in [-0.4, -0.2) is 48.0 Å². The second-order valence-corrected chi connectivity index (χ2v) is 5.92. The molecule has 100 valence electrons. The highest BCUT2D eigenvalue weighted by Gasteiger charge is 2.20. The van der Waals surface area contributed by atoms with Crippen LogP contribution in [0.1, 0.15) is 33.6 Å². The van der Waals surface area contributed by atoms with E-state index in [1.807, 2.05) is 37.4 Å². The summed E-state index contributed by atoms with van der Waals surface area (Å²) in [5, 5.41) is 3.40. The fourth-order valence-corrected chi connectivity index (χ4v) is 3.39. The van der Waals surface area contributed by atoms with Crippen LogP contribution in [0.2, 0.25) is 0 Å². The first-order valence-electron chi connectivity index (χ1n) is 6.78. The summed E-state index contributed by atoms with van der Waals surface area (Å²) in [7, 11) is 0. The molecule has 1 atom stereocenters. The molecule has 0 aliphatic carbocycles. The van der Waals surface area contributed by atoms with E-state index in [4.69, 9.17) is 0 Å². The Morgan fingerprint density at radius 1 is 1.35 bits per heavy atom. The molecule has 0 bridgehead atoms. The van der Waals surface area contributed by atoms with E-state index in [1.165, 1.54) is 24.3 Å². The molecule has 1 heterocycles. The molecule has 1 saturated heterocycles. The standard InChI is InChI=1S/C13H26N2OS/c1-4-15(5-2)13(16)11(3)14-10-12-6-8-17-9-7-12/h11-12,14H,4-10H2,1-3H3. The number of carbonyl (C=O) groups is 1. The Morgan fingerprint density at radius 2 is 1.94 bits per heavy atom. The minimum atomic E-state index is -0.0375. The Bertz CT molecular complexity index is 225. The molecule has 1 fully saturated rings. The zero-order chi connectivity index (χ0) is 12.7. The highest BCUT2D eigenvalue weighted by atomic mass is 32.2. The van der Waals surface area contributed by atoms with Gasteiger partial charge >= 0.3 is 0 Å². The summed E-state index contributed by atoms with van der Waals surface area (Å²) in [6.45, 7) is 8.66. The Balaban J connectivity index is 2.27. The second kappa shape index (κ2) is 7.98. The van der Waals surface area contributed by atoms with Crippen molar-refractivity contribution in [3.8, 4) is 0 Å². The third-order valence-electron chi connectivity index (χ3n) is 3.50. The van der Waals surface area contributed by atoms with Gasteiger partial charge in [-0.05, 0) is 57.6 Å². The maximum Gasteiger partial charge on any atom is 0.239 e. The van der Waals surface area contributed by atoms with Gasteiger partial charge in [0.25, 0.3) is 0 Å². The normalized spacial score (nSPS) is 19.0. The summed E-state index contributed by atoms with van der Waals surface area (Å²) < 4.78 is 0. The van der Waals surface area contributed by atoms with Crippen molar-refractivity contribution >= 4 is 17.7 Å². The van der Waals surface area contributed by atoms with E-state index < -0.39 is 0 Å². The number of carbonyl (C=O) groups excluding carboxylic acids is 1. The number of rotatable bonds is 6. The quantitative estimate of drug-likeness (QED) is 0.790. The van der Waals surface area contributed by atoms with Crippen LogP contribution in [0.5, 0.6) is 0 Å². The predicted octanol–water partition coefficient (Wildman–Crippen LogP) is 1.98. The maximum atomic E-state index is 12.0. The average Bonchev–Trinajstić information content (AvgIpc) is 2.38. The van der Waals surface area contributed by atoms with Crippen LogP contribution >= 0.6 is 11.8 Å². The van der Waals surface area contributed by atoms with Gasteiger partial charge in [-0.2, -0.15) is 11.8 Å². The number of nitrogens with one attached hydrogen (secondary N) is 1. The summed E-state index contributed by atoms with van der Waals surface area (Å²) in [5.74, 6) is 3.57. The van der Waals surface area contributed by atoms with Gasteiger partial charge in [0.05, 0.1) is 6.04 Å². The molecule has 3 nitrogen and oxygen atoms in total. The van der Waals surface area contributed by atoms with Crippen molar-refractivity contribution in [3.05, 3.63) is 0 Å². The second-order valence-electron chi connectivity index (χ2n) is 4.70. The molecule has 0 spiro atoms. The van der Waals surface area contributed by atoms with Gasteiger partial charge < -0.3 is 10.2 Å². The van der Waals surface area contributed by atoms with Gasteiger partial charge in [0.2, 0.25) is 5.91 Å². The van der Waals surface area contributed by atoms with Crippen LogP contribution in [0.25, 0.3) is 0 Å². The molecule has 0 saturated carbocycles. The van der Waals surface area contributed by atoms with E-state index in [0.717, 1.165) is 25.6 Å². The molecule has 1 rings (SSSR count). The molecular formula is C13H26N2OS. The van der Waals surface area contributed by atoms with Crippen LogP contribution in [-0.2, 0) is 4.79 Å². The van der Waals surface area contributed by atoms with Crippen molar-refractivity contribution < 1.29 is 4.79 Å². The molecule has 1 unspecified atom stereocenters. The Morgan fingerprint density at radius 3 is 2.47 bits per heavy atom. The molecule has 17 heavy (non-hydrogen) atoms. The number of hydrogen-bond acceptors (Lipinski definition) is 3. The van der Waals surface area contributed by atoms with Crippen molar-refractivity contribution in [1.82, 2.24) is 10.2 Å². The fourth-order valence-electron chi connectivity index (χ4n) is 2.19. The van der Waals surface area contributed by atoms with Crippen molar-refractivity contribution in [2.75, 3.05) is 31.1 Å². The number of amides is 1. The first kappa shape index (κ1) is 14.8. The largest absolute Gasteiger partial charge is 0.342 e. The van der Waals surface area contributed by atoms with Crippen molar-refractivity contribution in [2.45, 2.75) is 39.7 Å². The Kier molecular flexibility index (Phi) is 6.97. The van der Waals surface area contributed by atoms with Gasteiger partial charge in [-0.1, -0.05) is 0 Å². The third kappa shape index (κ3) is 4.88. The molecule has 0 aromatic rings. The summed E-state index contributed by atoms with van der Waals surface area (Å²) in [6, 6.07) is -0.0375. The van der Waals surface area contributed by atoms with Gasteiger partial charge in [0.15, 0.2) is 0 Å². The molecule has 1 aliphatic heterocycles. The molecule has 1 aliphatic rings. The highest BCUT2D eigenvalue weighted by molar-refractivity contribution is 7.99. The Hall–Kier alpha value is -0.220. The molecule has 1 amide bonds. The zero-order valence-electron chi connectivity index (χ0n) is 11.4. The predicted molar refractivity (Wildman–Crippen MR) is 75.4 cm³/mol. The summed E-state index contributed by atoms with van der Waals surface area (Å²) >= 11 is 2.05. The number of nitrogens with zero attached hydrogens (tertiary/aromatic N) is 1. The first-order valence-corrected chi connectivity index (χ1v) is 7.94. The number of likely N-dealkylation sites (N-methyl/N-ethyl adjacent to an activating group) is 1. The van der Waals surface area contributed by atoms with E-state index in [0.29, 0.717) is 0 Å². The van der Waals surface area contributed by atoms with Gasteiger partial charge in [0.1, 0.15) is 0 Å². The molecule has 1 N–H and O–H groups in total. The first-order chi connectivity index (χ1) is 8.19. The Labute approximate surface area is 110 Å². The lowest BCUT2D eigenvalue weighted by Crippen LogP contribution is -2.46. The monoisotopic (exact) mass is 258 g/mol. The van der Waals surface area contributed by atoms with Gasteiger partial charge in [0, 0.05) is 13.1 Å². The minimum Gasteiger partial charge on any atom is -0.342 e. The van der Waals surface area contributed by atoms with Gasteiger partial charge in [-0.25, -0.2) is 0 Å². The summed E-state index contributed by atoms with van der Waals surface area (Å²) in [5.41, 5.74) is 0. The molecule has 0 aromatic heterocycles. The summed E-state index contributed by atoms with van der Waals surface area (Å²) in [4.78, 5) is 13.9. The lowest BCUT2D eigenvalue weighted by atomic mass is 10.0. The maximum absolute atomic E-state index is 12.0. The number of hydrogen-bond donors (Lipinski definition) is 1. The van der Waals surface area contributed by atoms with Crippen LogP contribution in [0, 0.1) is 5.92 Å². The van der Waals surface area contributed by atoms with Crippen LogP contribution in [0.15, 0.2) is 0 Å². The minimum absolute atomic E-state index is 0.0375. The average molecular weight is 258 g/mol. The van der Waals surface area contributed by atoms with E-state index in [9.17, 15) is 4.79 Å². The van der Waals surface area contributed by atoms with Crippen molar-refractivity contribution in [2.24, 2.45) is 5.92 Å². The smallest absolute Gasteiger partial charge is 0.239 e. The topological polar surface area (TPSA) is 32.3 Å². The highest BCUT2D eigenvalue weighted by Crippen LogP contribution is 2.21. The SMILES string of the molecule is CCN(CC)C(=O)C(C)NCC1CCSCC1. The van der Waals surface area contributed by atoms with E-state index in [2.05, 4.69) is 5.32 Å². The molecule has 4 heteroatoms. The van der Waals surface area contributed by atoms with Crippen LogP contribution in [0.4, 0.5) is 0 Å². The lowest BCUT2D eigenvalue weighted by Gasteiger charge is -2.26. The zero-order valence-corrected chi connectivity index (χ0v) is 12.2. The molecule has 0 radical (unpaired) electrons. The lowest BCUT2D eigenvalue weighted by molar-refractivity contribution is -0.132. The molecule has 0 aromatic carbocycles. The van der Waals surface area contributed by atoms with E-state index in [1.54, 1.807) is 0 Å². The van der Waals surface area contributed by atoms with Gasteiger partial charge in [-0.3, -0.25) is 4.79 Å². The summed E-state index contributed by atoms with van der Waals surface area (Å²) in [6.07, 6.45) is 2.59. The van der Waals surface area contributed by atoms with E-state index >= 15 is 0 Å². The van der Waals surface area contributed by atoms with Crippen molar-refractivity contribution in [1.29, 1.82) is 0 Å². The fraction of sp³-hybridized carbons (Fsp3) is 0.923. The van der Waals surface area contributed by atoms with E-state index in [-0.39, 0.29) is 11.9 Å². The third-order valence-corrected chi connectivity index (χ3v) is 4.55. The molecular weight excluding hydrogens is 232 g/mol.